The summed E-state index contributed by atoms with van der Waals surface area (Å²) >= 11 is 0. The van der Waals surface area contributed by atoms with Gasteiger partial charge in [-0.1, -0.05) is 32.1 Å². The van der Waals surface area contributed by atoms with Crippen LogP contribution in [-0.2, 0) is 14.3 Å². The van der Waals surface area contributed by atoms with Crippen LogP contribution in [0.2, 0.25) is 0 Å². The molecule has 0 aromatic heterocycles. The first-order valence-electron chi connectivity index (χ1n) is 10.0. The second-order valence-electron chi connectivity index (χ2n) is 9.11. The average molecular weight is 363 g/mol. The molecular weight excluding hydrogens is 328 g/mol. The van der Waals surface area contributed by atoms with Crippen molar-refractivity contribution in [2.24, 2.45) is 23.7 Å². The number of esters is 1. The third-order valence-electron chi connectivity index (χ3n) is 6.90. The molecule has 0 amide bonds. The van der Waals surface area contributed by atoms with Crippen LogP contribution in [0, 0.1) is 23.7 Å². The molecule has 1 N–H and O–H groups in total. The van der Waals surface area contributed by atoms with Gasteiger partial charge in [-0.05, 0) is 56.9 Å². The number of hydrogen-bond acceptors (Lipinski definition) is 4. The maximum Gasteiger partial charge on any atom is 0.303 e. The molecule has 2 saturated heterocycles. The van der Waals surface area contributed by atoms with Crippen molar-refractivity contribution in [1.29, 1.82) is 0 Å². The fourth-order valence-electron chi connectivity index (χ4n) is 5.55. The van der Waals surface area contributed by atoms with Crippen molar-refractivity contribution in [2.45, 2.75) is 84.2 Å². The van der Waals surface area contributed by atoms with Gasteiger partial charge in [-0.2, -0.15) is 0 Å². The zero-order chi connectivity index (χ0) is 19.2. The second-order valence-corrected chi connectivity index (χ2v) is 9.11. The van der Waals surface area contributed by atoms with E-state index in [1.807, 2.05) is 6.92 Å². The Balaban J connectivity index is 2.07. The molecule has 3 rings (SSSR count). The standard InChI is InChI=1S/C22H34O4/c1-12(2)16-8-7-13(3)19-18-11-14(4)17(24)9-10-22(6,26-15(5)23)21(25-18)20(16)19/h7,12,16-21,24H,4,8-11H2,1-3,5-6H3/t16-,17-,18-,19-,20-,21-,22-/m1/s1. The van der Waals surface area contributed by atoms with Crippen LogP contribution < -0.4 is 0 Å². The predicted octanol–water partition coefficient (Wildman–Crippen LogP) is 4.03. The number of fused-ring (bicyclic) bond motifs is 5. The van der Waals surface area contributed by atoms with E-state index in [4.69, 9.17) is 9.47 Å². The lowest BCUT2D eigenvalue weighted by atomic mass is 9.62. The molecule has 0 unspecified atom stereocenters. The Bertz CT molecular complexity index is 607. The highest BCUT2D eigenvalue weighted by Crippen LogP contribution is 2.54. The van der Waals surface area contributed by atoms with Gasteiger partial charge in [-0.25, -0.2) is 0 Å². The molecule has 0 aromatic carbocycles. The number of aliphatic hydroxyl groups excluding tert-OH is 1. The van der Waals surface area contributed by atoms with Crippen molar-refractivity contribution in [1.82, 2.24) is 0 Å². The molecule has 4 nitrogen and oxygen atoms in total. The fourth-order valence-corrected chi connectivity index (χ4v) is 5.55. The summed E-state index contributed by atoms with van der Waals surface area (Å²) in [5.41, 5.74) is 1.48. The number of carbonyl (C=O) groups is 1. The number of ether oxygens (including phenoxy) is 2. The highest BCUT2D eigenvalue weighted by Gasteiger charge is 2.58. The van der Waals surface area contributed by atoms with Gasteiger partial charge in [0.25, 0.3) is 0 Å². The monoisotopic (exact) mass is 362 g/mol. The van der Waals surface area contributed by atoms with E-state index in [0.717, 1.165) is 12.0 Å². The topological polar surface area (TPSA) is 55.8 Å². The van der Waals surface area contributed by atoms with Crippen LogP contribution in [0.4, 0.5) is 0 Å². The molecule has 0 saturated carbocycles. The molecular formula is C22H34O4. The van der Waals surface area contributed by atoms with Crippen LogP contribution in [0.5, 0.6) is 0 Å². The van der Waals surface area contributed by atoms with Crippen molar-refractivity contribution in [3.63, 3.8) is 0 Å². The summed E-state index contributed by atoms with van der Waals surface area (Å²) in [4.78, 5) is 11.9. The first kappa shape index (κ1) is 19.6. The number of aliphatic hydroxyl groups is 1. The van der Waals surface area contributed by atoms with E-state index in [1.165, 1.54) is 12.5 Å². The Kier molecular flexibility index (Phi) is 5.38. The smallest absolute Gasteiger partial charge is 0.303 e. The Morgan fingerprint density at radius 1 is 1.46 bits per heavy atom. The van der Waals surface area contributed by atoms with Crippen LogP contribution in [0.25, 0.3) is 0 Å². The SMILES string of the molecule is C=C1C[C@H]2O[C@H]([C@H]3[C@@H]2C(C)=CC[C@@H]3C(C)C)[C@](C)(OC(C)=O)CC[C@H]1O. The zero-order valence-electron chi connectivity index (χ0n) is 16.8. The van der Waals surface area contributed by atoms with Gasteiger partial charge < -0.3 is 14.6 Å². The van der Waals surface area contributed by atoms with E-state index in [1.54, 1.807) is 0 Å². The summed E-state index contributed by atoms with van der Waals surface area (Å²) in [6, 6.07) is 0. The molecule has 3 aliphatic rings. The largest absolute Gasteiger partial charge is 0.457 e. The Morgan fingerprint density at radius 3 is 2.77 bits per heavy atom. The zero-order valence-corrected chi connectivity index (χ0v) is 16.8. The Morgan fingerprint density at radius 2 is 2.15 bits per heavy atom. The summed E-state index contributed by atoms with van der Waals surface area (Å²) in [7, 11) is 0. The van der Waals surface area contributed by atoms with Gasteiger partial charge in [-0.15, -0.1) is 0 Å². The molecule has 0 aromatic rings. The second kappa shape index (κ2) is 7.12. The van der Waals surface area contributed by atoms with Gasteiger partial charge in [0.1, 0.15) is 11.7 Å². The number of rotatable bonds is 2. The van der Waals surface area contributed by atoms with Crippen LogP contribution >= 0.6 is 0 Å². The molecule has 146 valence electrons. The number of hydrogen-bond donors (Lipinski definition) is 1. The minimum Gasteiger partial charge on any atom is -0.457 e. The maximum atomic E-state index is 11.9. The molecule has 0 radical (unpaired) electrons. The van der Waals surface area contributed by atoms with Crippen LogP contribution in [0.3, 0.4) is 0 Å². The van der Waals surface area contributed by atoms with Crippen LogP contribution in [0.1, 0.15) is 60.3 Å². The van der Waals surface area contributed by atoms with Crippen LogP contribution in [0.15, 0.2) is 23.8 Å². The molecule has 7 atom stereocenters. The van der Waals surface area contributed by atoms with E-state index < -0.39 is 11.7 Å². The number of carbonyl (C=O) groups excluding carboxylic acids is 1. The molecule has 0 spiro atoms. The maximum absolute atomic E-state index is 11.9. The van der Waals surface area contributed by atoms with E-state index >= 15 is 0 Å². The first-order valence-corrected chi connectivity index (χ1v) is 10.0. The third-order valence-corrected chi connectivity index (χ3v) is 6.90. The molecule has 2 bridgehead atoms. The van der Waals surface area contributed by atoms with E-state index in [9.17, 15) is 9.90 Å². The highest BCUT2D eigenvalue weighted by molar-refractivity contribution is 5.66. The minimum atomic E-state index is -0.722. The van der Waals surface area contributed by atoms with Crippen molar-refractivity contribution in [3.8, 4) is 0 Å². The van der Waals surface area contributed by atoms with Gasteiger partial charge in [0.2, 0.25) is 0 Å². The normalized spacial score (nSPS) is 43.2. The highest BCUT2D eigenvalue weighted by atomic mass is 16.6. The summed E-state index contributed by atoms with van der Waals surface area (Å²) < 4.78 is 12.5. The molecule has 1 aliphatic carbocycles. The van der Waals surface area contributed by atoms with Gasteiger partial charge in [0.15, 0.2) is 0 Å². The van der Waals surface area contributed by atoms with E-state index in [2.05, 4.69) is 33.4 Å². The molecule has 4 heteroatoms. The molecule has 2 aliphatic heterocycles. The predicted molar refractivity (Wildman–Crippen MR) is 102 cm³/mol. The van der Waals surface area contributed by atoms with Gasteiger partial charge in [0, 0.05) is 18.8 Å². The lowest BCUT2D eigenvalue weighted by molar-refractivity contribution is -0.179. The summed E-state index contributed by atoms with van der Waals surface area (Å²) in [6.07, 6.45) is 4.50. The van der Waals surface area contributed by atoms with Crippen molar-refractivity contribution in [2.75, 3.05) is 0 Å². The Labute approximate surface area is 157 Å². The van der Waals surface area contributed by atoms with E-state index in [0.29, 0.717) is 42.9 Å². The summed E-state index contributed by atoms with van der Waals surface area (Å²) in [5, 5.41) is 10.5. The molecule has 2 fully saturated rings. The summed E-state index contributed by atoms with van der Waals surface area (Å²) in [5.74, 6) is 1.39. The van der Waals surface area contributed by atoms with E-state index in [-0.39, 0.29) is 18.2 Å². The quantitative estimate of drug-likeness (QED) is 0.595. The minimum absolute atomic E-state index is 0.00191. The number of allylic oxidation sites excluding steroid dienone is 1. The van der Waals surface area contributed by atoms with Crippen LogP contribution in [-0.4, -0.2) is 35.0 Å². The molecule has 2 heterocycles. The van der Waals surface area contributed by atoms with Crippen molar-refractivity contribution >= 4 is 5.97 Å². The fraction of sp³-hybridized carbons (Fsp3) is 0.773. The first-order chi connectivity index (χ1) is 12.1. The Hall–Kier alpha value is -1.13. The third kappa shape index (κ3) is 3.38. The van der Waals surface area contributed by atoms with Gasteiger partial charge >= 0.3 is 5.97 Å². The average Bonchev–Trinajstić information content (AvgIpc) is 2.93. The summed E-state index contributed by atoms with van der Waals surface area (Å²) in [6.45, 7) is 14.3. The lowest BCUT2D eigenvalue weighted by Crippen LogP contribution is -2.50. The van der Waals surface area contributed by atoms with Gasteiger partial charge in [-0.3, -0.25) is 4.79 Å². The van der Waals surface area contributed by atoms with Crippen molar-refractivity contribution < 1.29 is 19.4 Å². The molecule has 26 heavy (non-hydrogen) atoms. The van der Waals surface area contributed by atoms with Crippen molar-refractivity contribution in [3.05, 3.63) is 23.8 Å². The lowest BCUT2D eigenvalue weighted by Gasteiger charge is -2.44. The van der Waals surface area contributed by atoms with Gasteiger partial charge in [0.05, 0.1) is 12.2 Å².